The number of aromatic nitrogens is 2. The maximum atomic E-state index is 12.6. The van der Waals surface area contributed by atoms with E-state index in [1.165, 1.54) is 6.08 Å². The first-order chi connectivity index (χ1) is 14.8. The predicted molar refractivity (Wildman–Crippen MR) is 125 cm³/mol. The minimum Gasteiger partial charge on any atom is -0.491 e. The SMILES string of the molecule is C.C=CC(=O)N1CC2(CC(n3nc(-c4ccc(OC(C)C)cc4)c(C(=O)NC)c3N)C2)C1. The highest BCUT2D eigenvalue weighted by Crippen LogP contribution is 2.54. The lowest BCUT2D eigenvalue weighted by molar-refractivity contribution is -0.148. The van der Waals surface area contributed by atoms with Crippen LogP contribution in [-0.4, -0.2) is 52.7 Å². The van der Waals surface area contributed by atoms with Crippen LogP contribution in [0, 0.1) is 5.41 Å². The third-order valence-corrected chi connectivity index (χ3v) is 6.12. The van der Waals surface area contributed by atoms with Crippen molar-refractivity contribution in [1.29, 1.82) is 0 Å². The van der Waals surface area contributed by atoms with Crippen LogP contribution in [0.2, 0.25) is 0 Å². The zero-order valence-corrected chi connectivity index (χ0v) is 18.2. The molecular weight excluding hydrogens is 406 g/mol. The van der Waals surface area contributed by atoms with Crippen LogP contribution in [0.25, 0.3) is 11.3 Å². The van der Waals surface area contributed by atoms with Crippen LogP contribution in [0.15, 0.2) is 36.9 Å². The molecule has 0 bridgehead atoms. The van der Waals surface area contributed by atoms with Crippen LogP contribution in [0.5, 0.6) is 5.75 Å². The second-order valence-corrected chi connectivity index (χ2v) is 8.78. The van der Waals surface area contributed by atoms with Gasteiger partial charge in [-0.1, -0.05) is 14.0 Å². The summed E-state index contributed by atoms with van der Waals surface area (Å²) in [5.74, 6) is 0.843. The second kappa shape index (κ2) is 8.68. The number of carbonyl (C=O) groups excluding carboxylic acids is 2. The molecule has 32 heavy (non-hydrogen) atoms. The molecule has 4 rings (SSSR count). The molecule has 1 spiro atoms. The molecule has 8 nitrogen and oxygen atoms in total. The van der Waals surface area contributed by atoms with Gasteiger partial charge >= 0.3 is 0 Å². The van der Waals surface area contributed by atoms with Gasteiger partial charge in [0.05, 0.1) is 12.1 Å². The van der Waals surface area contributed by atoms with E-state index in [9.17, 15) is 9.59 Å². The Kier molecular flexibility index (Phi) is 6.34. The fourth-order valence-electron chi connectivity index (χ4n) is 4.66. The molecule has 2 heterocycles. The number of likely N-dealkylation sites (tertiary alicyclic amines) is 1. The number of amides is 2. The van der Waals surface area contributed by atoms with Gasteiger partial charge in [0.1, 0.15) is 22.8 Å². The Morgan fingerprint density at radius 2 is 1.91 bits per heavy atom. The van der Waals surface area contributed by atoms with Crippen LogP contribution in [0.3, 0.4) is 0 Å². The smallest absolute Gasteiger partial charge is 0.257 e. The molecule has 0 atom stereocenters. The number of nitrogen functional groups attached to an aromatic ring is 1. The normalized spacial score (nSPS) is 16.7. The van der Waals surface area contributed by atoms with E-state index >= 15 is 0 Å². The van der Waals surface area contributed by atoms with Gasteiger partial charge in [-0.25, -0.2) is 4.68 Å². The zero-order valence-electron chi connectivity index (χ0n) is 18.2. The molecule has 1 aliphatic carbocycles. The van der Waals surface area contributed by atoms with Crippen molar-refractivity contribution in [3.63, 3.8) is 0 Å². The number of nitrogens with one attached hydrogen (secondary N) is 1. The molecule has 1 saturated heterocycles. The van der Waals surface area contributed by atoms with Gasteiger partial charge in [-0.3, -0.25) is 9.59 Å². The first-order valence-electron chi connectivity index (χ1n) is 10.6. The number of nitrogens with two attached hydrogens (primary N) is 1. The molecule has 1 aromatic carbocycles. The average molecular weight is 440 g/mol. The van der Waals surface area contributed by atoms with Gasteiger partial charge in [0.15, 0.2) is 0 Å². The first-order valence-corrected chi connectivity index (χ1v) is 10.6. The summed E-state index contributed by atoms with van der Waals surface area (Å²) in [6.07, 6.45) is 3.20. The van der Waals surface area contributed by atoms with Crippen molar-refractivity contribution >= 4 is 17.6 Å². The van der Waals surface area contributed by atoms with Crippen LogP contribution < -0.4 is 15.8 Å². The number of anilines is 1. The van der Waals surface area contributed by atoms with Gasteiger partial charge in [0.2, 0.25) is 5.91 Å². The molecule has 3 N–H and O–H groups in total. The standard InChI is InChI=1S/C23H29N5O3.CH4/c1-5-18(29)27-12-23(13-27)10-16(11-23)28-21(24)19(22(30)25-4)20(26-28)15-6-8-17(9-7-15)31-14(2)3;/h5-9,14,16H,1,10-13,24H2,2-4H3,(H,25,30);1H4. The Bertz CT molecular complexity index is 1010. The molecule has 2 fully saturated rings. The lowest BCUT2D eigenvalue weighted by Gasteiger charge is -2.58. The van der Waals surface area contributed by atoms with Gasteiger partial charge in [0, 0.05) is 31.1 Å². The van der Waals surface area contributed by atoms with E-state index < -0.39 is 0 Å². The third-order valence-electron chi connectivity index (χ3n) is 6.12. The van der Waals surface area contributed by atoms with Gasteiger partial charge < -0.3 is 20.7 Å². The van der Waals surface area contributed by atoms with Crippen LogP contribution in [0.4, 0.5) is 5.82 Å². The summed E-state index contributed by atoms with van der Waals surface area (Å²) >= 11 is 0. The quantitative estimate of drug-likeness (QED) is 0.673. The molecule has 1 aliphatic heterocycles. The summed E-state index contributed by atoms with van der Waals surface area (Å²) in [4.78, 5) is 26.1. The molecule has 2 aromatic rings. The molecule has 2 aliphatic rings. The average Bonchev–Trinajstić information content (AvgIpc) is 3.02. The number of hydrogen-bond donors (Lipinski definition) is 2. The van der Waals surface area contributed by atoms with Crippen molar-refractivity contribution in [3.05, 3.63) is 42.5 Å². The topological polar surface area (TPSA) is 102 Å². The third kappa shape index (κ3) is 3.97. The van der Waals surface area contributed by atoms with Crippen LogP contribution >= 0.6 is 0 Å². The number of rotatable bonds is 6. The Hall–Kier alpha value is -3.29. The van der Waals surface area contributed by atoms with Gasteiger partial charge in [0.25, 0.3) is 5.91 Å². The largest absolute Gasteiger partial charge is 0.491 e. The molecule has 1 aromatic heterocycles. The Balaban J connectivity index is 0.00000289. The van der Waals surface area contributed by atoms with Crippen molar-refractivity contribution in [3.8, 4) is 17.0 Å². The van der Waals surface area contributed by atoms with Crippen molar-refractivity contribution in [1.82, 2.24) is 20.0 Å². The summed E-state index contributed by atoms with van der Waals surface area (Å²) in [5.41, 5.74) is 8.29. The molecule has 0 radical (unpaired) electrons. The second-order valence-electron chi connectivity index (χ2n) is 8.78. The molecule has 1 saturated carbocycles. The van der Waals surface area contributed by atoms with Gasteiger partial charge in [-0.05, 0) is 57.0 Å². The maximum absolute atomic E-state index is 12.6. The van der Waals surface area contributed by atoms with E-state index in [2.05, 4.69) is 11.9 Å². The highest BCUT2D eigenvalue weighted by atomic mass is 16.5. The molecule has 2 amide bonds. The monoisotopic (exact) mass is 439 g/mol. The lowest BCUT2D eigenvalue weighted by Crippen LogP contribution is -2.63. The molecule has 172 valence electrons. The van der Waals surface area contributed by atoms with Gasteiger partial charge in [-0.2, -0.15) is 5.10 Å². The van der Waals surface area contributed by atoms with E-state index in [1.54, 1.807) is 16.6 Å². The van der Waals surface area contributed by atoms with Crippen molar-refractivity contribution in [2.24, 2.45) is 5.41 Å². The first kappa shape index (κ1) is 23.4. The minimum atomic E-state index is -0.262. The number of hydrogen-bond acceptors (Lipinski definition) is 5. The van der Waals surface area contributed by atoms with E-state index in [1.807, 2.05) is 38.1 Å². The summed E-state index contributed by atoms with van der Waals surface area (Å²) in [6, 6.07) is 7.64. The fourth-order valence-corrected chi connectivity index (χ4v) is 4.66. The zero-order chi connectivity index (χ0) is 22.3. The predicted octanol–water partition coefficient (Wildman–Crippen LogP) is 3.26. The minimum absolute atomic E-state index is 0. The number of carbonyl (C=O) groups is 2. The highest BCUT2D eigenvalue weighted by molar-refractivity contribution is 6.04. The summed E-state index contributed by atoms with van der Waals surface area (Å²) in [6.45, 7) is 8.97. The number of nitrogens with zero attached hydrogens (tertiary/aromatic N) is 3. The Labute approximate surface area is 189 Å². The Morgan fingerprint density at radius 1 is 1.28 bits per heavy atom. The van der Waals surface area contributed by atoms with E-state index in [0.717, 1.165) is 37.2 Å². The summed E-state index contributed by atoms with van der Waals surface area (Å²) < 4.78 is 7.49. The van der Waals surface area contributed by atoms with Crippen LogP contribution in [0.1, 0.15) is 50.5 Å². The molecule has 0 unspecified atom stereocenters. The molecule has 8 heteroatoms. The van der Waals surface area contributed by atoms with E-state index in [4.69, 9.17) is 15.6 Å². The Morgan fingerprint density at radius 3 is 2.44 bits per heavy atom. The number of benzene rings is 1. The van der Waals surface area contributed by atoms with Crippen LogP contribution in [-0.2, 0) is 4.79 Å². The lowest BCUT2D eigenvalue weighted by atomic mass is 9.60. The summed E-state index contributed by atoms with van der Waals surface area (Å²) in [7, 11) is 1.58. The maximum Gasteiger partial charge on any atom is 0.257 e. The summed E-state index contributed by atoms with van der Waals surface area (Å²) in [5, 5.41) is 7.42. The van der Waals surface area contributed by atoms with E-state index in [-0.39, 0.29) is 36.8 Å². The van der Waals surface area contributed by atoms with E-state index in [0.29, 0.717) is 17.1 Å². The van der Waals surface area contributed by atoms with Crippen molar-refractivity contribution in [2.45, 2.75) is 46.3 Å². The van der Waals surface area contributed by atoms with Gasteiger partial charge in [-0.15, -0.1) is 0 Å². The molecular formula is C24H33N5O3. The van der Waals surface area contributed by atoms with Crippen molar-refractivity contribution < 1.29 is 14.3 Å². The number of ether oxygens (including phenoxy) is 1. The fraction of sp³-hybridized carbons (Fsp3) is 0.458. The van der Waals surface area contributed by atoms with Crippen molar-refractivity contribution in [2.75, 3.05) is 25.9 Å². The highest BCUT2D eigenvalue weighted by Gasteiger charge is 2.54.